The summed E-state index contributed by atoms with van der Waals surface area (Å²) in [5.41, 5.74) is -0.607. The number of hydrogen-bond acceptors (Lipinski definition) is 7. The van der Waals surface area contributed by atoms with Gasteiger partial charge in [0.25, 0.3) is 10.1 Å². The van der Waals surface area contributed by atoms with Gasteiger partial charge in [-0.25, -0.2) is 0 Å². The molecule has 5 unspecified atom stereocenters. The first-order chi connectivity index (χ1) is 10.1. The molecule has 3 aliphatic heterocycles. The third-order valence-electron chi connectivity index (χ3n) is 4.21. The van der Waals surface area contributed by atoms with Gasteiger partial charge in [0.2, 0.25) is 5.91 Å². The van der Waals surface area contributed by atoms with Crippen molar-refractivity contribution in [3.05, 3.63) is 12.2 Å². The van der Waals surface area contributed by atoms with Crippen molar-refractivity contribution in [3.63, 3.8) is 0 Å². The molecule has 0 aromatic carbocycles. The molecule has 0 aromatic heterocycles. The molecule has 8 nitrogen and oxygen atoms in total. The Kier molecular flexibility index (Phi) is 3.35. The Bertz CT molecular complexity index is 657. The van der Waals surface area contributed by atoms with Crippen LogP contribution in [0.5, 0.6) is 0 Å². The van der Waals surface area contributed by atoms with E-state index in [4.69, 9.17) is 13.7 Å². The van der Waals surface area contributed by atoms with E-state index >= 15 is 0 Å². The number of ether oxygens (including phenoxy) is 2. The van der Waals surface area contributed by atoms with Crippen LogP contribution in [0.3, 0.4) is 0 Å². The Balaban J connectivity index is 1.66. The van der Waals surface area contributed by atoms with E-state index in [9.17, 15) is 18.0 Å². The number of carbonyl (C=O) groups excluding carboxylic acids is 2. The van der Waals surface area contributed by atoms with Gasteiger partial charge < -0.3 is 14.8 Å². The molecule has 3 aliphatic rings. The minimum atomic E-state index is -3.83. The van der Waals surface area contributed by atoms with E-state index in [1.807, 2.05) is 0 Å². The first-order valence-electron chi connectivity index (χ1n) is 6.87. The van der Waals surface area contributed by atoms with Crippen molar-refractivity contribution >= 4 is 22.0 Å². The fourth-order valence-electron chi connectivity index (χ4n) is 3.26. The van der Waals surface area contributed by atoms with Crippen LogP contribution in [0, 0.1) is 0 Å². The zero-order valence-corrected chi connectivity index (χ0v) is 13.0. The fourth-order valence-corrected chi connectivity index (χ4v) is 5.27. The molecule has 3 saturated heterocycles. The summed E-state index contributed by atoms with van der Waals surface area (Å²) < 4.78 is 40.1. The van der Waals surface area contributed by atoms with Gasteiger partial charge in [0.15, 0.2) is 5.25 Å². The molecule has 1 amide bonds. The Morgan fingerprint density at radius 2 is 2.14 bits per heavy atom. The Morgan fingerprint density at radius 1 is 1.45 bits per heavy atom. The molecule has 5 atom stereocenters. The maximum atomic E-state index is 12.1. The summed E-state index contributed by atoms with van der Waals surface area (Å²) in [7, 11) is -3.83. The van der Waals surface area contributed by atoms with Crippen molar-refractivity contribution in [1.29, 1.82) is 0 Å². The minimum absolute atomic E-state index is 0.263. The second kappa shape index (κ2) is 4.77. The van der Waals surface area contributed by atoms with E-state index < -0.39 is 51.2 Å². The van der Waals surface area contributed by atoms with Gasteiger partial charge in [-0.1, -0.05) is 6.58 Å². The summed E-state index contributed by atoms with van der Waals surface area (Å²) in [4.78, 5) is 23.1. The summed E-state index contributed by atoms with van der Waals surface area (Å²) >= 11 is 0. The lowest BCUT2D eigenvalue weighted by atomic mass is 9.84. The molecular formula is C13H17NO7S. The third-order valence-corrected chi connectivity index (χ3v) is 6.00. The van der Waals surface area contributed by atoms with Crippen LogP contribution < -0.4 is 5.32 Å². The molecule has 0 aromatic rings. The minimum Gasteiger partial charge on any atom is -0.457 e. The second-order valence-corrected chi connectivity index (χ2v) is 7.77. The molecular weight excluding hydrogens is 314 g/mol. The topological polar surface area (TPSA) is 108 Å². The Labute approximate surface area is 127 Å². The first kappa shape index (κ1) is 15.4. The molecule has 1 N–H and O–H groups in total. The van der Waals surface area contributed by atoms with Gasteiger partial charge in [-0.05, 0) is 13.8 Å². The lowest BCUT2D eigenvalue weighted by Crippen LogP contribution is -2.47. The molecule has 0 saturated carbocycles. The number of nitrogens with one attached hydrogen (secondary N) is 1. The summed E-state index contributed by atoms with van der Waals surface area (Å²) in [6.45, 7) is 6.28. The van der Waals surface area contributed by atoms with Gasteiger partial charge in [0, 0.05) is 12.0 Å². The summed E-state index contributed by atoms with van der Waals surface area (Å²) in [6.07, 6.45) is -1.67. The van der Waals surface area contributed by atoms with Crippen LogP contribution in [-0.2, 0) is 33.4 Å². The molecule has 3 fully saturated rings. The van der Waals surface area contributed by atoms with Gasteiger partial charge >= 0.3 is 5.97 Å². The maximum absolute atomic E-state index is 12.1. The average Bonchev–Trinajstić information content (AvgIpc) is 2.92. The highest BCUT2D eigenvalue weighted by molar-refractivity contribution is 7.87. The quantitative estimate of drug-likeness (QED) is 0.410. The van der Waals surface area contributed by atoms with Crippen molar-refractivity contribution in [3.8, 4) is 0 Å². The number of amides is 1. The van der Waals surface area contributed by atoms with Gasteiger partial charge in [0.05, 0.1) is 6.10 Å². The lowest BCUT2D eigenvalue weighted by Gasteiger charge is -2.26. The standard InChI is InChI=1S/C13H17NO7S/c1-6(2)12(16)14-5-8(15)20-9-7-4-13(3)11(19-7)10(9)22(17,18)21-13/h7,9-11H,1,4-5H2,2-3H3,(H,14,16). The molecule has 2 bridgehead atoms. The smallest absolute Gasteiger partial charge is 0.325 e. The summed E-state index contributed by atoms with van der Waals surface area (Å²) in [5, 5.41) is 1.33. The van der Waals surface area contributed by atoms with Crippen LogP contribution in [-0.4, -0.2) is 56.0 Å². The number of fused-ring (bicyclic) bond motifs is 1. The monoisotopic (exact) mass is 331 g/mol. The molecule has 3 heterocycles. The highest BCUT2D eigenvalue weighted by Gasteiger charge is 2.73. The van der Waals surface area contributed by atoms with Crippen LogP contribution >= 0.6 is 0 Å². The van der Waals surface area contributed by atoms with E-state index in [0.717, 1.165) is 0 Å². The van der Waals surface area contributed by atoms with E-state index in [2.05, 4.69) is 11.9 Å². The number of rotatable bonds is 4. The van der Waals surface area contributed by atoms with Gasteiger partial charge in [-0.15, -0.1) is 0 Å². The van der Waals surface area contributed by atoms with E-state index in [1.54, 1.807) is 6.92 Å². The van der Waals surface area contributed by atoms with Crippen molar-refractivity contribution < 1.29 is 31.7 Å². The SMILES string of the molecule is C=C(C)C(=O)NCC(=O)OC1C2CC3(C)OS(=O)(=O)C1C3O2. The maximum Gasteiger partial charge on any atom is 0.325 e. The first-order valence-corrected chi connectivity index (χ1v) is 8.34. The van der Waals surface area contributed by atoms with Crippen LogP contribution in [0.2, 0.25) is 0 Å². The molecule has 122 valence electrons. The number of esters is 1. The Hall–Kier alpha value is -1.45. The van der Waals surface area contributed by atoms with E-state index in [-0.39, 0.29) is 12.1 Å². The van der Waals surface area contributed by atoms with Crippen LogP contribution in [0.15, 0.2) is 12.2 Å². The lowest BCUT2D eigenvalue weighted by molar-refractivity contribution is -0.151. The predicted octanol–water partition coefficient (Wildman–Crippen LogP) is -0.751. The van der Waals surface area contributed by atoms with Crippen molar-refractivity contribution in [2.75, 3.05) is 6.54 Å². The Morgan fingerprint density at radius 3 is 2.77 bits per heavy atom. The highest BCUT2D eigenvalue weighted by Crippen LogP contribution is 2.53. The highest BCUT2D eigenvalue weighted by atomic mass is 32.2. The van der Waals surface area contributed by atoms with E-state index in [0.29, 0.717) is 6.42 Å². The normalized spacial score (nSPS) is 40.5. The van der Waals surface area contributed by atoms with Crippen LogP contribution in [0.4, 0.5) is 0 Å². The van der Waals surface area contributed by atoms with E-state index in [1.165, 1.54) is 6.92 Å². The van der Waals surface area contributed by atoms with Crippen molar-refractivity contribution in [2.24, 2.45) is 0 Å². The van der Waals surface area contributed by atoms with Gasteiger partial charge in [0.1, 0.15) is 24.4 Å². The molecule has 9 heteroatoms. The summed E-state index contributed by atoms with van der Waals surface area (Å²) in [5.74, 6) is -1.19. The predicted molar refractivity (Wildman–Crippen MR) is 73.2 cm³/mol. The molecule has 22 heavy (non-hydrogen) atoms. The molecule has 0 aliphatic carbocycles. The van der Waals surface area contributed by atoms with Gasteiger partial charge in [-0.2, -0.15) is 8.42 Å². The van der Waals surface area contributed by atoms with Crippen LogP contribution in [0.1, 0.15) is 20.3 Å². The number of hydrogen-bond donors (Lipinski definition) is 1. The zero-order chi connectivity index (χ0) is 16.3. The van der Waals surface area contributed by atoms with Crippen molar-refractivity contribution in [2.45, 2.75) is 49.4 Å². The molecule has 0 spiro atoms. The average molecular weight is 331 g/mol. The van der Waals surface area contributed by atoms with Crippen LogP contribution in [0.25, 0.3) is 0 Å². The summed E-state index contributed by atoms with van der Waals surface area (Å²) in [6, 6.07) is 0. The number of carbonyl (C=O) groups is 2. The third kappa shape index (κ3) is 2.24. The largest absolute Gasteiger partial charge is 0.457 e. The molecule has 0 radical (unpaired) electrons. The van der Waals surface area contributed by atoms with Crippen molar-refractivity contribution in [1.82, 2.24) is 5.32 Å². The fraction of sp³-hybridized carbons (Fsp3) is 0.692. The molecule has 3 rings (SSSR count). The van der Waals surface area contributed by atoms with Gasteiger partial charge in [-0.3, -0.25) is 13.8 Å². The zero-order valence-electron chi connectivity index (χ0n) is 12.2. The second-order valence-electron chi connectivity index (χ2n) is 6.07.